The number of amides is 3. The van der Waals surface area contributed by atoms with Crippen LogP contribution in [-0.4, -0.2) is 67.5 Å². The summed E-state index contributed by atoms with van der Waals surface area (Å²) in [5.41, 5.74) is 3.11. The van der Waals surface area contributed by atoms with Crippen molar-refractivity contribution < 1.29 is 24.2 Å². The van der Waals surface area contributed by atoms with Crippen molar-refractivity contribution in [3.63, 3.8) is 0 Å². The Labute approximate surface area is 276 Å². The molecule has 3 aliphatic heterocycles. The van der Waals surface area contributed by atoms with Crippen molar-refractivity contribution >= 4 is 28.6 Å². The van der Waals surface area contributed by atoms with E-state index in [-0.39, 0.29) is 30.1 Å². The van der Waals surface area contributed by atoms with E-state index in [0.717, 1.165) is 37.8 Å². The van der Waals surface area contributed by atoms with Crippen LogP contribution in [-0.2, 0) is 38.5 Å². The van der Waals surface area contributed by atoms with Gasteiger partial charge in [0.15, 0.2) is 0 Å². The summed E-state index contributed by atoms with van der Waals surface area (Å²) in [6.45, 7) is 7.37. The van der Waals surface area contributed by atoms with Gasteiger partial charge in [0.2, 0.25) is 17.5 Å². The third-order valence-electron chi connectivity index (χ3n) is 12.0. The first kappa shape index (κ1) is 30.6. The Balaban J connectivity index is 1.09. The maximum atomic E-state index is 14.4. The standard InChI is InChI=1S/C38H46N4O5/c1-4-11-24-19-25(20-29-27-14-9-15-30-33(27)26(21-28(24)29)22-40(30)5-2)34(43)39-37(3)36(45)42-31(18-23-12-7-6-8-13-23)35(44)41-17-10-16-32(41)38(42,46)47-37/h6-9,12-15,22,24-25,28-29,31-32,46H,4-5,10-11,16-21H2,1-3H3,(H,39,43)/t24?,25?,28?,29-,31+,32+,37?,38+/m1/s1. The Morgan fingerprint density at radius 2 is 1.89 bits per heavy atom. The van der Waals surface area contributed by atoms with Crippen LogP contribution in [0.15, 0.2) is 54.7 Å². The zero-order valence-electron chi connectivity index (χ0n) is 27.7. The number of ether oxygens (including phenoxy) is 1. The maximum Gasteiger partial charge on any atom is 0.280 e. The summed E-state index contributed by atoms with van der Waals surface area (Å²) in [4.78, 5) is 45.4. The van der Waals surface area contributed by atoms with Crippen molar-refractivity contribution in [2.24, 2.45) is 17.8 Å². The molecule has 4 fully saturated rings. The Morgan fingerprint density at radius 3 is 2.66 bits per heavy atom. The van der Waals surface area contributed by atoms with Crippen LogP contribution in [0.1, 0.15) is 81.9 Å². The molecule has 3 aromatic rings. The summed E-state index contributed by atoms with van der Waals surface area (Å²) in [6, 6.07) is 14.5. The number of fused-ring (bicyclic) bond motifs is 5. The van der Waals surface area contributed by atoms with Gasteiger partial charge in [-0.15, -0.1) is 0 Å². The van der Waals surface area contributed by atoms with Gasteiger partial charge in [0.05, 0.1) is 0 Å². The number of benzene rings is 2. The molecule has 4 heterocycles. The minimum absolute atomic E-state index is 0.183. The number of piperazine rings is 1. The number of hydrogen-bond donors (Lipinski definition) is 2. The van der Waals surface area contributed by atoms with Crippen LogP contribution in [0.4, 0.5) is 0 Å². The number of aryl methyl sites for hydroxylation is 1. The number of rotatable bonds is 7. The second-order valence-corrected chi connectivity index (χ2v) is 14.7. The van der Waals surface area contributed by atoms with E-state index in [4.69, 9.17) is 4.74 Å². The van der Waals surface area contributed by atoms with E-state index in [1.807, 2.05) is 30.3 Å². The number of nitrogens with zero attached hydrogens (tertiary/aromatic N) is 3. The normalized spacial score (nSPS) is 34.4. The summed E-state index contributed by atoms with van der Waals surface area (Å²) >= 11 is 0. The molecule has 3 amide bonds. The summed E-state index contributed by atoms with van der Waals surface area (Å²) in [6.07, 6.45) is 8.40. The predicted octanol–water partition coefficient (Wildman–Crippen LogP) is 4.70. The van der Waals surface area contributed by atoms with Gasteiger partial charge in [-0.3, -0.25) is 24.0 Å². The lowest BCUT2D eigenvalue weighted by atomic mass is 9.60. The molecule has 5 aliphatic rings. The second kappa shape index (κ2) is 11.2. The smallest absolute Gasteiger partial charge is 0.280 e. The molecule has 0 bridgehead atoms. The van der Waals surface area contributed by atoms with Gasteiger partial charge in [-0.25, -0.2) is 0 Å². The van der Waals surface area contributed by atoms with Crippen LogP contribution in [0, 0.1) is 17.8 Å². The quantitative estimate of drug-likeness (QED) is 0.391. The molecule has 9 heteroatoms. The average Bonchev–Trinajstić information content (AvgIpc) is 3.76. The summed E-state index contributed by atoms with van der Waals surface area (Å²) in [5.74, 6) is -2.19. The molecular weight excluding hydrogens is 592 g/mol. The summed E-state index contributed by atoms with van der Waals surface area (Å²) in [7, 11) is 0. The van der Waals surface area contributed by atoms with Gasteiger partial charge >= 0.3 is 0 Å². The highest BCUT2D eigenvalue weighted by atomic mass is 16.7. The first-order valence-corrected chi connectivity index (χ1v) is 17.7. The maximum absolute atomic E-state index is 14.4. The highest BCUT2D eigenvalue weighted by Gasteiger charge is 2.70. The number of nitrogens with one attached hydrogen (secondary N) is 1. The molecule has 1 saturated carbocycles. The van der Waals surface area contributed by atoms with Gasteiger partial charge in [0, 0.05) is 42.5 Å². The first-order chi connectivity index (χ1) is 22.7. The molecule has 3 saturated heterocycles. The number of carbonyl (C=O) groups is 3. The molecule has 2 aliphatic carbocycles. The Hall–Kier alpha value is -3.69. The predicted molar refractivity (Wildman–Crippen MR) is 177 cm³/mol. The van der Waals surface area contributed by atoms with E-state index in [9.17, 15) is 19.5 Å². The average molecular weight is 639 g/mol. The second-order valence-electron chi connectivity index (χ2n) is 14.7. The number of aliphatic hydroxyl groups is 1. The van der Waals surface area contributed by atoms with Crippen LogP contribution in [0.2, 0.25) is 0 Å². The molecule has 8 rings (SSSR count). The fourth-order valence-electron chi connectivity index (χ4n) is 10.00. The molecule has 0 radical (unpaired) electrons. The molecule has 248 valence electrons. The van der Waals surface area contributed by atoms with Crippen molar-refractivity contribution in [1.82, 2.24) is 19.7 Å². The molecule has 1 aromatic heterocycles. The molecule has 8 atom stereocenters. The highest BCUT2D eigenvalue weighted by molar-refractivity contribution is 5.97. The Bertz CT molecular complexity index is 1740. The monoisotopic (exact) mass is 638 g/mol. The largest absolute Gasteiger partial charge is 0.347 e. The van der Waals surface area contributed by atoms with Crippen LogP contribution in [0.25, 0.3) is 10.9 Å². The molecular formula is C38H46N4O5. The Morgan fingerprint density at radius 1 is 1.09 bits per heavy atom. The van der Waals surface area contributed by atoms with Gasteiger partial charge in [0.1, 0.15) is 12.1 Å². The molecule has 9 nitrogen and oxygen atoms in total. The van der Waals surface area contributed by atoms with Crippen LogP contribution < -0.4 is 5.32 Å². The molecule has 47 heavy (non-hydrogen) atoms. The molecule has 2 aromatic carbocycles. The van der Waals surface area contributed by atoms with Crippen molar-refractivity contribution in [2.75, 3.05) is 6.54 Å². The molecule has 2 N–H and O–H groups in total. The van der Waals surface area contributed by atoms with Crippen molar-refractivity contribution in [3.05, 3.63) is 71.4 Å². The van der Waals surface area contributed by atoms with E-state index >= 15 is 0 Å². The molecule has 0 spiro atoms. The Kier molecular flexibility index (Phi) is 7.30. The minimum atomic E-state index is -2.02. The third kappa shape index (κ3) is 4.60. The number of aromatic nitrogens is 1. The van der Waals surface area contributed by atoms with E-state index in [1.54, 1.807) is 11.8 Å². The fraction of sp³-hybridized carbons (Fsp3) is 0.553. The molecule has 4 unspecified atom stereocenters. The highest BCUT2D eigenvalue weighted by Crippen LogP contribution is 2.53. The van der Waals surface area contributed by atoms with Gasteiger partial charge < -0.3 is 19.9 Å². The summed E-state index contributed by atoms with van der Waals surface area (Å²) in [5, 5.41) is 16.5. The van der Waals surface area contributed by atoms with Crippen molar-refractivity contribution in [2.45, 2.75) is 108 Å². The zero-order valence-corrected chi connectivity index (χ0v) is 27.7. The number of hydrogen-bond acceptors (Lipinski definition) is 5. The van der Waals surface area contributed by atoms with Crippen LogP contribution in [0.3, 0.4) is 0 Å². The third-order valence-corrected chi connectivity index (χ3v) is 12.0. The van der Waals surface area contributed by atoms with Crippen LogP contribution in [0.5, 0.6) is 0 Å². The van der Waals surface area contributed by atoms with Gasteiger partial charge in [0.25, 0.3) is 11.8 Å². The van der Waals surface area contributed by atoms with E-state index in [1.165, 1.54) is 26.9 Å². The van der Waals surface area contributed by atoms with E-state index < -0.39 is 29.6 Å². The lowest BCUT2D eigenvalue weighted by Crippen LogP contribution is -2.71. The van der Waals surface area contributed by atoms with E-state index in [0.29, 0.717) is 37.6 Å². The lowest BCUT2D eigenvalue weighted by molar-refractivity contribution is -0.315. The van der Waals surface area contributed by atoms with Crippen molar-refractivity contribution in [1.29, 1.82) is 0 Å². The first-order valence-electron chi connectivity index (χ1n) is 17.7. The topological polar surface area (TPSA) is 104 Å². The zero-order chi connectivity index (χ0) is 32.7. The SMILES string of the molecule is CCCC1CC(C(=O)NC2(C)O[C@@]3(O)[C@@H]4CCCN4C(=O)[C@H](Cc4ccccc4)N3C2=O)C[C@@H]2c3cccc4c3c(cn4CC)CC12. The van der Waals surface area contributed by atoms with Crippen molar-refractivity contribution in [3.8, 4) is 0 Å². The van der Waals surface area contributed by atoms with Gasteiger partial charge in [-0.1, -0.05) is 62.2 Å². The van der Waals surface area contributed by atoms with Gasteiger partial charge in [-0.05, 0) is 86.5 Å². The van der Waals surface area contributed by atoms with E-state index in [2.05, 4.69) is 48.1 Å². The van der Waals surface area contributed by atoms with Gasteiger partial charge in [-0.2, -0.15) is 0 Å². The summed E-state index contributed by atoms with van der Waals surface area (Å²) < 4.78 is 8.68. The number of carbonyl (C=O) groups excluding carboxylic acids is 3. The minimum Gasteiger partial charge on any atom is -0.347 e. The lowest BCUT2D eigenvalue weighted by Gasteiger charge is -2.48. The fourth-order valence-corrected chi connectivity index (χ4v) is 10.00. The van der Waals surface area contributed by atoms with Crippen LogP contribution >= 0.6 is 0 Å².